The Hall–Kier alpha value is -1.19. The van der Waals surface area contributed by atoms with E-state index in [4.69, 9.17) is 46.4 Å². The van der Waals surface area contributed by atoms with Crippen LogP contribution >= 0.6 is 46.4 Å². The fourth-order valence-corrected chi connectivity index (χ4v) is 4.14. The van der Waals surface area contributed by atoms with Crippen LogP contribution in [0.2, 0.25) is 10.0 Å². The number of alkyl halides is 2. The summed E-state index contributed by atoms with van der Waals surface area (Å²) in [7, 11) is 0. The molecule has 2 atom stereocenters. The summed E-state index contributed by atoms with van der Waals surface area (Å²) in [6, 6.07) is 10.7. The lowest BCUT2D eigenvalue weighted by atomic mass is 10.1. The Bertz CT molecular complexity index is 862. The van der Waals surface area contributed by atoms with Gasteiger partial charge in [-0.1, -0.05) is 41.9 Å². The number of nitrogens with one attached hydrogen (secondary N) is 1. The van der Waals surface area contributed by atoms with Crippen LogP contribution in [0, 0.1) is 12.8 Å². The van der Waals surface area contributed by atoms with Gasteiger partial charge in [0.25, 0.3) is 0 Å². The second-order valence-corrected chi connectivity index (χ2v) is 8.39. The Kier molecular flexibility index (Phi) is 5.09. The van der Waals surface area contributed by atoms with Gasteiger partial charge in [0.05, 0.1) is 5.92 Å². The highest BCUT2D eigenvalue weighted by molar-refractivity contribution is 6.53. The highest BCUT2D eigenvalue weighted by Gasteiger charge is 2.67. The Morgan fingerprint density at radius 3 is 2.56 bits per heavy atom. The van der Waals surface area contributed by atoms with Crippen molar-refractivity contribution in [3.05, 3.63) is 69.7 Å². The minimum absolute atomic E-state index is 0.239. The molecule has 2 nitrogen and oxygen atoms in total. The van der Waals surface area contributed by atoms with Crippen LogP contribution in [0.25, 0.3) is 6.08 Å². The number of aryl methyl sites for hydroxylation is 1. The predicted octanol–water partition coefficient (Wildman–Crippen LogP) is 6.47. The van der Waals surface area contributed by atoms with Gasteiger partial charge in [0.2, 0.25) is 5.91 Å². The lowest BCUT2D eigenvalue weighted by molar-refractivity contribution is -0.117. The molecule has 6 heteroatoms. The summed E-state index contributed by atoms with van der Waals surface area (Å²) in [4.78, 5) is 12.6. The van der Waals surface area contributed by atoms with Crippen molar-refractivity contribution in [1.29, 1.82) is 0 Å². The molecule has 0 bridgehead atoms. The van der Waals surface area contributed by atoms with Gasteiger partial charge >= 0.3 is 0 Å². The maximum atomic E-state index is 12.6. The molecule has 0 aromatic heterocycles. The number of benzene rings is 2. The molecular weight excluding hydrogens is 400 g/mol. The molecule has 1 saturated carbocycles. The van der Waals surface area contributed by atoms with E-state index >= 15 is 0 Å². The zero-order valence-electron chi connectivity index (χ0n) is 13.3. The quantitative estimate of drug-likeness (QED) is 0.570. The summed E-state index contributed by atoms with van der Waals surface area (Å²) in [5.41, 5.74) is 3.20. The summed E-state index contributed by atoms with van der Waals surface area (Å²) in [6.07, 6.45) is 1.69. The number of amides is 1. The molecule has 0 spiro atoms. The zero-order chi connectivity index (χ0) is 18.4. The van der Waals surface area contributed by atoms with Crippen LogP contribution in [0.4, 0.5) is 5.69 Å². The molecule has 1 fully saturated rings. The van der Waals surface area contributed by atoms with E-state index in [1.807, 2.05) is 13.0 Å². The molecule has 2 unspecified atom stereocenters. The number of carbonyl (C=O) groups excluding carboxylic acids is 1. The van der Waals surface area contributed by atoms with E-state index < -0.39 is 10.3 Å². The number of hydrogen-bond acceptors (Lipinski definition) is 1. The Balaban J connectivity index is 1.83. The van der Waals surface area contributed by atoms with Crippen molar-refractivity contribution in [3.8, 4) is 0 Å². The van der Waals surface area contributed by atoms with Crippen molar-refractivity contribution in [2.45, 2.75) is 17.2 Å². The average molecular weight is 415 g/mol. The standard InChI is InChI=1S/C19H15Cl4NO/c1-3-11-7-12(9-13(20)8-11)16-17(19(16,22)23)18(25)24-14-4-5-15(21)10(2)6-14/h3-9,16-17H,1H2,2H3,(H,24,25). The maximum absolute atomic E-state index is 12.6. The SMILES string of the molecule is C=Cc1cc(Cl)cc(C2C(C(=O)Nc3ccc(Cl)c(C)c3)C2(Cl)Cl)c1. The van der Waals surface area contributed by atoms with Crippen LogP contribution in [0.1, 0.15) is 22.6 Å². The number of carbonyl (C=O) groups is 1. The summed E-state index contributed by atoms with van der Waals surface area (Å²) < 4.78 is -1.17. The van der Waals surface area contributed by atoms with Gasteiger partial charge in [-0.3, -0.25) is 4.79 Å². The summed E-state index contributed by atoms with van der Waals surface area (Å²) in [6.45, 7) is 5.61. The van der Waals surface area contributed by atoms with Crippen LogP contribution < -0.4 is 5.32 Å². The molecule has 1 amide bonds. The molecule has 2 aromatic rings. The molecule has 0 heterocycles. The van der Waals surface area contributed by atoms with Gasteiger partial charge in [0.15, 0.2) is 0 Å². The van der Waals surface area contributed by atoms with E-state index in [0.717, 1.165) is 16.7 Å². The highest BCUT2D eigenvalue weighted by Crippen LogP contribution is 2.65. The summed E-state index contributed by atoms with van der Waals surface area (Å²) >= 11 is 24.9. The molecule has 1 N–H and O–H groups in total. The molecule has 3 rings (SSSR count). The first kappa shape index (κ1) is 18.6. The van der Waals surface area contributed by atoms with E-state index in [9.17, 15) is 4.79 Å². The predicted molar refractivity (Wildman–Crippen MR) is 107 cm³/mol. The fraction of sp³-hybridized carbons (Fsp3) is 0.211. The van der Waals surface area contributed by atoms with E-state index in [-0.39, 0.29) is 11.8 Å². The van der Waals surface area contributed by atoms with Gasteiger partial charge in [-0.25, -0.2) is 0 Å². The molecule has 0 saturated heterocycles. The number of rotatable bonds is 4. The Morgan fingerprint density at radius 1 is 1.20 bits per heavy atom. The summed E-state index contributed by atoms with van der Waals surface area (Å²) in [5, 5.41) is 4.04. The van der Waals surface area contributed by atoms with Crippen molar-refractivity contribution >= 4 is 64.1 Å². The Morgan fingerprint density at radius 2 is 1.92 bits per heavy atom. The number of anilines is 1. The van der Waals surface area contributed by atoms with Gasteiger partial charge in [0.1, 0.15) is 4.33 Å². The van der Waals surface area contributed by atoms with Crippen molar-refractivity contribution in [2.24, 2.45) is 5.92 Å². The van der Waals surface area contributed by atoms with E-state index in [2.05, 4.69) is 11.9 Å². The third-order valence-corrected chi connectivity index (χ3v) is 5.88. The number of halogens is 4. The van der Waals surface area contributed by atoms with Crippen LogP contribution in [0.3, 0.4) is 0 Å². The average Bonchev–Trinajstić information content (AvgIpc) is 3.13. The highest BCUT2D eigenvalue weighted by atomic mass is 35.5. The van der Waals surface area contributed by atoms with Crippen LogP contribution in [-0.2, 0) is 4.79 Å². The van der Waals surface area contributed by atoms with Crippen molar-refractivity contribution < 1.29 is 4.79 Å². The van der Waals surface area contributed by atoms with Crippen LogP contribution in [0.15, 0.2) is 43.0 Å². The van der Waals surface area contributed by atoms with Crippen molar-refractivity contribution in [2.75, 3.05) is 5.32 Å². The topological polar surface area (TPSA) is 29.1 Å². The first-order chi connectivity index (χ1) is 11.7. The zero-order valence-corrected chi connectivity index (χ0v) is 16.3. The van der Waals surface area contributed by atoms with Gasteiger partial charge in [-0.05, 0) is 53.9 Å². The van der Waals surface area contributed by atoms with Crippen molar-refractivity contribution in [1.82, 2.24) is 0 Å². The molecule has 2 aromatic carbocycles. The second kappa shape index (κ2) is 6.85. The van der Waals surface area contributed by atoms with Crippen LogP contribution in [-0.4, -0.2) is 10.2 Å². The molecule has 0 aliphatic heterocycles. The third-order valence-electron chi connectivity index (χ3n) is 4.30. The van der Waals surface area contributed by atoms with E-state index in [1.165, 1.54) is 0 Å². The largest absolute Gasteiger partial charge is 0.326 e. The van der Waals surface area contributed by atoms with Gasteiger partial charge < -0.3 is 5.32 Å². The fourth-order valence-electron chi connectivity index (χ4n) is 2.94. The van der Waals surface area contributed by atoms with Gasteiger partial charge in [-0.2, -0.15) is 0 Å². The molecule has 1 aliphatic rings. The third kappa shape index (κ3) is 3.68. The maximum Gasteiger partial charge on any atom is 0.231 e. The lowest BCUT2D eigenvalue weighted by Gasteiger charge is -2.07. The molecule has 130 valence electrons. The minimum Gasteiger partial charge on any atom is -0.326 e. The van der Waals surface area contributed by atoms with Gasteiger partial charge in [0, 0.05) is 21.7 Å². The van der Waals surface area contributed by atoms with E-state index in [0.29, 0.717) is 15.7 Å². The monoisotopic (exact) mass is 413 g/mol. The lowest BCUT2D eigenvalue weighted by Crippen LogP contribution is -2.17. The number of hydrogen-bond donors (Lipinski definition) is 1. The van der Waals surface area contributed by atoms with Crippen LogP contribution in [0.5, 0.6) is 0 Å². The second-order valence-electron chi connectivity index (χ2n) is 6.11. The normalized spacial score (nSPS) is 20.8. The molecule has 0 radical (unpaired) electrons. The Labute approximate surface area is 166 Å². The van der Waals surface area contributed by atoms with E-state index in [1.54, 1.807) is 36.4 Å². The first-order valence-corrected chi connectivity index (χ1v) is 9.13. The summed E-state index contributed by atoms with van der Waals surface area (Å²) in [5.74, 6) is -1.14. The molecular formula is C19H15Cl4NO. The minimum atomic E-state index is -1.17. The molecule has 25 heavy (non-hydrogen) atoms. The smallest absolute Gasteiger partial charge is 0.231 e. The first-order valence-electron chi connectivity index (χ1n) is 7.62. The van der Waals surface area contributed by atoms with Gasteiger partial charge in [-0.15, -0.1) is 23.2 Å². The molecule has 1 aliphatic carbocycles. The van der Waals surface area contributed by atoms with Crippen molar-refractivity contribution in [3.63, 3.8) is 0 Å².